The number of carbonyl (C=O) groups is 3. The Morgan fingerprint density at radius 2 is 1.73 bits per heavy atom. The number of fused-ring (bicyclic) bond motifs is 4. The first kappa shape index (κ1) is 18.8. The largest absolute Gasteiger partial charge is 0.306 e. The Balaban J connectivity index is 1.66. The van der Waals surface area contributed by atoms with E-state index in [0.29, 0.717) is 13.0 Å². The smallest absolute Gasteiger partial charge is 0.253 e. The van der Waals surface area contributed by atoms with Gasteiger partial charge >= 0.3 is 0 Å². The number of likely N-dealkylation sites (tertiary alicyclic amines) is 1. The first-order chi connectivity index (χ1) is 14.5. The summed E-state index contributed by atoms with van der Waals surface area (Å²) in [5, 5.41) is 3.50. The number of imide groups is 1. The van der Waals surface area contributed by atoms with Gasteiger partial charge in [0.2, 0.25) is 11.8 Å². The van der Waals surface area contributed by atoms with Gasteiger partial charge in [-0.05, 0) is 18.1 Å². The highest BCUT2D eigenvalue weighted by Gasteiger charge is 2.70. The van der Waals surface area contributed by atoms with Crippen molar-refractivity contribution >= 4 is 23.4 Å². The lowest BCUT2D eigenvalue weighted by atomic mass is 9.76. The summed E-state index contributed by atoms with van der Waals surface area (Å²) < 4.78 is 0. The Kier molecular flexibility index (Phi) is 4.15. The van der Waals surface area contributed by atoms with Gasteiger partial charge in [-0.1, -0.05) is 54.6 Å². The Labute approximate surface area is 175 Å². The molecule has 1 spiro atoms. The van der Waals surface area contributed by atoms with Crippen molar-refractivity contribution in [3.8, 4) is 0 Å². The molecule has 6 heteroatoms. The molecule has 0 aromatic heterocycles. The lowest BCUT2D eigenvalue weighted by Crippen LogP contribution is -2.55. The number of carbonyl (C=O) groups excluding carboxylic acids is 3. The van der Waals surface area contributed by atoms with Crippen LogP contribution in [0.25, 0.3) is 0 Å². The molecular formula is C24H23N3O3. The molecule has 0 radical (unpaired) electrons. The molecule has 3 aliphatic rings. The van der Waals surface area contributed by atoms with Crippen LogP contribution in [0, 0.1) is 11.8 Å². The molecule has 6 nitrogen and oxygen atoms in total. The summed E-state index contributed by atoms with van der Waals surface area (Å²) in [6.07, 6.45) is 2.24. The summed E-state index contributed by atoms with van der Waals surface area (Å²) >= 11 is 0. The number of nitrogens with zero attached hydrogens (tertiary/aromatic N) is 2. The van der Waals surface area contributed by atoms with Crippen LogP contribution in [0.2, 0.25) is 0 Å². The average molecular weight is 401 g/mol. The van der Waals surface area contributed by atoms with Gasteiger partial charge in [-0.25, -0.2) is 0 Å². The predicted molar refractivity (Wildman–Crippen MR) is 112 cm³/mol. The number of para-hydroxylation sites is 1. The maximum Gasteiger partial charge on any atom is 0.253 e. The van der Waals surface area contributed by atoms with Gasteiger partial charge in [0.15, 0.2) is 0 Å². The van der Waals surface area contributed by atoms with E-state index in [0.717, 1.165) is 16.8 Å². The summed E-state index contributed by atoms with van der Waals surface area (Å²) in [4.78, 5) is 43.0. The zero-order chi connectivity index (χ0) is 21.0. The number of benzene rings is 2. The van der Waals surface area contributed by atoms with E-state index in [1.165, 1.54) is 11.9 Å². The van der Waals surface area contributed by atoms with Gasteiger partial charge in [0.25, 0.3) is 5.91 Å². The minimum atomic E-state index is -1.23. The monoisotopic (exact) mass is 401 g/mol. The summed E-state index contributed by atoms with van der Waals surface area (Å²) in [5.41, 5.74) is 1.35. The van der Waals surface area contributed by atoms with Gasteiger partial charge in [0, 0.05) is 30.9 Å². The maximum atomic E-state index is 13.8. The van der Waals surface area contributed by atoms with E-state index in [9.17, 15) is 14.4 Å². The molecule has 3 heterocycles. The van der Waals surface area contributed by atoms with E-state index < -0.39 is 17.4 Å². The summed E-state index contributed by atoms with van der Waals surface area (Å²) in [6.45, 7) is 4.12. The molecule has 0 aliphatic carbocycles. The standard InChI is InChI=1S/C24H23N3O3/c1-3-13-27-18-12-8-7-11-16(18)24(23(27)30)20-19(21(28)26(2)22(20)29)17(25-24)14-15-9-5-4-6-10-15/h3-12,17,19-20,25H,1,13-14H2,2H3/t17-,19+,20+,24-/m1/s1. The van der Waals surface area contributed by atoms with Crippen molar-refractivity contribution in [3.05, 3.63) is 78.4 Å². The quantitative estimate of drug-likeness (QED) is 0.627. The molecular weight excluding hydrogens is 378 g/mol. The average Bonchev–Trinajstić information content (AvgIpc) is 3.30. The molecule has 2 saturated heterocycles. The van der Waals surface area contributed by atoms with E-state index in [1.54, 1.807) is 11.0 Å². The molecule has 3 aliphatic heterocycles. The molecule has 2 aromatic rings. The highest BCUT2D eigenvalue weighted by atomic mass is 16.2. The molecule has 5 rings (SSSR count). The number of nitrogens with one attached hydrogen (secondary N) is 1. The minimum Gasteiger partial charge on any atom is -0.306 e. The highest BCUT2D eigenvalue weighted by Crippen LogP contribution is 2.54. The Hall–Kier alpha value is -3.25. The summed E-state index contributed by atoms with van der Waals surface area (Å²) in [6, 6.07) is 17.1. The third kappa shape index (κ3) is 2.31. The van der Waals surface area contributed by atoms with Gasteiger partial charge in [-0.2, -0.15) is 0 Å². The minimum absolute atomic E-state index is 0.189. The first-order valence-electron chi connectivity index (χ1n) is 10.2. The molecule has 4 atom stereocenters. The number of hydrogen-bond donors (Lipinski definition) is 1. The molecule has 2 aromatic carbocycles. The highest BCUT2D eigenvalue weighted by molar-refractivity contribution is 6.16. The third-order valence-electron chi connectivity index (χ3n) is 6.70. The normalized spacial score (nSPS) is 29.6. The third-order valence-corrected chi connectivity index (χ3v) is 6.70. The molecule has 152 valence electrons. The maximum absolute atomic E-state index is 13.8. The molecule has 0 saturated carbocycles. The van der Waals surface area contributed by atoms with Crippen LogP contribution in [-0.2, 0) is 26.3 Å². The number of amides is 3. The van der Waals surface area contributed by atoms with Crippen LogP contribution in [0.3, 0.4) is 0 Å². The van der Waals surface area contributed by atoms with Gasteiger partial charge in [-0.3, -0.25) is 24.6 Å². The molecule has 1 N–H and O–H groups in total. The van der Waals surface area contributed by atoms with Crippen molar-refractivity contribution in [1.29, 1.82) is 0 Å². The van der Waals surface area contributed by atoms with Crippen molar-refractivity contribution in [2.75, 3.05) is 18.5 Å². The summed E-state index contributed by atoms with van der Waals surface area (Å²) in [5.74, 6) is -2.04. The van der Waals surface area contributed by atoms with Crippen molar-refractivity contribution < 1.29 is 14.4 Å². The fraction of sp³-hybridized carbons (Fsp3) is 0.292. The van der Waals surface area contributed by atoms with E-state index in [2.05, 4.69) is 11.9 Å². The number of hydrogen-bond acceptors (Lipinski definition) is 4. The second kappa shape index (κ2) is 6.64. The number of anilines is 1. The molecule has 3 amide bonds. The zero-order valence-corrected chi connectivity index (χ0v) is 16.7. The van der Waals surface area contributed by atoms with Crippen LogP contribution in [-0.4, -0.2) is 42.3 Å². The van der Waals surface area contributed by atoms with E-state index in [-0.39, 0.29) is 23.8 Å². The second-order valence-corrected chi connectivity index (χ2v) is 8.21. The lowest BCUT2D eigenvalue weighted by molar-refractivity contribution is -0.141. The van der Waals surface area contributed by atoms with Crippen LogP contribution in [0.1, 0.15) is 11.1 Å². The van der Waals surface area contributed by atoms with E-state index in [4.69, 9.17) is 0 Å². The van der Waals surface area contributed by atoms with Crippen molar-refractivity contribution in [2.45, 2.75) is 18.0 Å². The van der Waals surface area contributed by atoms with Crippen LogP contribution < -0.4 is 10.2 Å². The predicted octanol–water partition coefficient (Wildman–Crippen LogP) is 1.86. The Morgan fingerprint density at radius 1 is 1.03 bits per heavy atom. The van der Waals surface area contributed by atoms with Crippen molar-refractivity contribution in [1.82, 2.24) is 10.2 Å². The van der Waals surface area contributed by atoms with Crippen molar-refractivity contribution in [2.24, 2.45) is 11.8 Å². The van der Waals surface area contributed by atoms with Gasteiger partial charge in [0.05, 0.1) is 11.8 Å². The second-order valence-electron chi connectivity index (χ2n) is 8.21. The molecule has 30 heavy (non-hydrogen) atoms. The first-order valence-corrected chi connectivity index (χ1v) is 10.2. The van der Waals surface area contributed by atoms with E-state index in [1.807, 2.05) is 54.6 Å². The zero-order valence-electron chi connectivity index (χ0n) is 16.7. The topological polar surface area (TPSA) is 69.7 Å². The van der Waals surface area contributed by atoms with E-state index >= 15 is 0 Å². The van der Waals surface area contributed by atoms with Crippen molar-refractivity contribution in [3.63, 3.8) is 0 Å². The van der Waals surface area contributed by atoms with Gasteiger partial charge in [-0.15, -0.1) is 6.58 Å². The van der Waals surface area contributed by atoms with Gasteiger partial charge < -0.3 is 4.90 Å². The van der Waals surface area contributed by atoms with Crippen LogP contribution >= 0.6 is 0 Å². The van der Waals surface area contributed by atoms with Gasteiger partial charge in [0.1, 0.15) is 5.54 Å². The lowest BCUT2D eigenvalue weighted by Gasteiger charge is -2.30. The molecule has 0 unspecified atom stereocenters. The molecule has 0 bridgehead atoms. The SMILES string of the molecule is C=CCN1C(=O)[C@@]2(N[C@H](Cc3ccccc3)[C@@H]3C(=O)N(C)C(=O)[C@H]32)c2ccccc21. The number of rotatable bonds is 4. The molecule has 2 fully saturated rings. The Bertz CT molecular complexity index is 1070. The fourth-order valence-corrected chi connectivity index (χ4v) is 5.44. The van der Waals surface area contributed by atoms with Crippen LogP contribution in [0.4, 0.5) is 5.69 Å². The fourth-order valence-electron chi connectivity index (χ4n) is 5.44. The Morgan fingerprint density at radius 3 is 2.47 bits per heavy atom. The van der Waals surface area contributed by atoms with Crippen LogP contribution in [0.5, 0.6) is 0 Å². The van der Waals surface area contributed by atoms with Crippen LogP contribution in [0.15, 0.2) is 67.3 Å². The summed E-state index contributed by atoms with van der Waals surface area (Å²) in [7, 11) is 1.52.